The van der Waals surface area contributed by atoms with Gasteiger partial charge in [-0.05, 0) is 15.9 Å². The zero-order valence-corrected chi connectivity index (χ0v) is 12.5. The number of hydrogen-bond acceptors (Lipinski definition) is 5. The van der Waals surface area contributed by atoms with Gasteiger partial charge in [-0.3, -0.25) is 0 Å². The van der Waals surface area contributed by atoms with Crippen LogP contribution in [0.5, 0.6) is 0 Å². The minimum absolute atomic E-state index is 0.00272. The molecule has 17 heavy (non-hydrogen) atoms. The number of halogens is 1. The molecule has 0 amide bonds. The third-order valence-electron chi connectivity index (χ3n) is 2.06. The average molecular weight is 342 g/mol. The Hall–Kier alpha value is -0.580. The van der Waals surface area contributed by atoms with E-state index < -0.39 is 10.0 Å². The van der Waals surface area contributed by atoms with Gasteiger partial charge in [0.15, 0.2) is 4.60 Å². The smallest absolute Gasteiger partial charge is 0.262 e. The van der Waals surface area contributed by atoms with Crippen LogP contribution in [0.25, 0.3) is 0 Å². The highest BCUT2D eigenvalue weighted by molar-refractivity contribution is 9.10. The molecule has 0 aromatic carbocycles. The van der Waals surface area contributed by atoms with E-state index in [9.17, 15) is 8.42 Å². The first-order valence-corrected chi connectivity index (χ1v) is 7.20. The van der Waals surface area contributed by atoms with Crippen LogP contribution in [0.1, 0.15) is 6.42 Å². The van der Waals surface area contributed by atoms with Crippen LogP contribution in [-0.4, -0.2) is 46.3 Å². The fourth-order valence-electron chi connectivity index (χ4n) is 1.13. The van der Waals surface area contributed by atoms with Gasteiger partial charge in [-0.25, -0.2) is 13.1 Å². The van der Waals surface area contributed by atoms with E-state index in [4.69, 9.17) is 18.0 Å². The van der Waals surface area contributed by atoms with E-state index in [1.807, 2.05) is 0 Å². The second-order valence-electron chi connectivity index (χ2n) is 3.35. The van der Waals surface area contributed by atoms with Crippen LogP contribution >= 0.6 is 28.1 Å². The van der Waals surface area contributed by atoms with E-state index in [1.165, 1.54) is 18.8 Å². The lowest BCUT2D eigenvalue weighted by atomic mass is 10.4. The van der Waals surface area contributed by atoms with Crippen molar-refractivity contribution in [3.05, 3.63) is 4.60 Å². The fourth-order valence-corrected chi connectivity index (χ4v) is 3.42. The molecule has 0 aliphatic carbocycles. The summed E-state index contributed by atoms with van der Waals surface area (Å²) < 4.78 is 26.9. The quantitative estimate of drug-likeness (QED) is 0.750. The van der Waals surface area contributed by atoms with Crippen LogP contribution in [0.2, 0.25) is 0 Å². The maximum absolute atomic E-state index is 12.2. The summed E-state index contributed by atoms with van der Waals surface area (Å²) in [6.07, 6.45) is 0.327. The molecule has 1 heterocycles. The van der Waals surface area contributed by atoms with Gasteiger partial charge in [0.2, 0.25) is 5.03 Å². The SMILES string of the molecule is CN(CCC(N)=S)S(=O)(=O)c1c(Br)nnn1C. The van der Waals surface area contributed by atoms with Crippen molar-refractivity contribution in [1.29, 1.82) is 0 Å². The molecule has 0 bridgehead atoms. The normalized spacial score (nSPS) is 12.0. The second kappa shape index (κ2) is 5.38. The van der Waals surface area contributed by atoms with Gasteiger partial charge in [0.1, 0.15) is 0 Å². The highest BCUT2D eigenvalue weighted by atomic mass is 79.9. The molecule has 0 unspecified atom stereocenters. The number of thiocarbonyl (C=S) groups is 1. The van der Waals surface area contributed by atoms with Crippen LogP contribution < -0.4 is 5.73 Å². The molecule has 0 radical (unpaired) electrons. The van der Waals surface area contributed by atoms with Gasteiger partial charge >= 0.3 is 0 Å². The average Bonchev–Trinajstić information content (AvgIpc) is 2.55. The Balaban J connectivity index is 2.99. The largest absolute Gasteiger partial charge is 0.393 e. The van der Waals surface area contributed by atoms with Gasteiger partial charge in [-0.2, -0.15) is 4.31 Å². The number of nitrogens with two attached hydrogens (primary N) is 1. The van der Waals surface area contributed by atoms with Crippen LogP contribution in [0.4, 0.5) is 0 Å². The minimum Gasteiger partial charge on any atom is -0.393 e. The molecule has 0 aliphatic rings. The van der Waals surface area contributed by atoms with E-state index in [1.54, 1.807) is 0 Å². The molecule has 1 aromatic rings. The number of hydrogen-bond donors (Lipinski definition) is 1. The van der Waals surface area contributed by atoms with Gasteiger partial charge in [0.05, 0.1) is 4.99 Å². The maximum Gasteiger partial charge on any atom is 0.262 e. The van der Waals surface area contributed by atoms with E-state index in [2.05, 4.69) is 26.2 Å². The molecule has 0 saturated carbocycles. The molecule has 0 aliphatic heterocycles. The van der Waals surface area contributed by atoms with Gasteiger partial charge in [0.25, 0.3) is 10.0 Å². The number of rotatable bonds is 5. The predicted molar refractivity (Wildman–Crippen MR) is 69.9 cm³/mol. The molecular formula is C7H12BrN5O2S2. The maximum atomic E-state index is 12.2. The van der Waals surface area contributed by atoms with Crippen LogP contribution in [0.3, 0.4) is 0 Å². The van der Waals surface area contributed by atoms with Crippen molar-refractivity contribution in [3.8, 4) is 0 Å². The summed E-state index contributed by atoms with van der Waals surface area (Å²) >= 11 is 7.76. The van der Waals surface area contributed by atoms with Crippen molar-refractivity contribution in [2.24, 2.45) is 12.8 Å². The van der Waals surface area contributed by atoms with Gasteiger partial charge < -0.3 is 5.73 Å². The Morgan fingerprint density at radius 2 is 2.24 bits per heavy atom. The fraction of sp³-hybridized carbons (Fsp3) is 0.571. The summed E-state index contributed by atoms with van der Waals surface area (Å²) in [6, 6.07) is 0. The van der Waals surface area contributed by atoms with Crippen molar-refractivity contribution < 1.29 is 8.42 Å². The molecule has 1 rings (SSSR count). The number of sulfonamides is 1. The lowest BCUT2D eigenvalue weighted by Gasteiger charge is -2.16. The van der Waals surface area contributed by atoms with Crippen LogP contribution in [0.15, 0.2) is 9.63 Å². The monoisotopic (exact) mass is 341 g/mol. The third-order valence-corrected chi connectivity index (χ3v) is 5.02. The van der Waals surface area contributed by atoms with Crippen LogP contribution in [-0.2, 0) is 17.1 Å². The Bertz CT molecular complexity index is 507. The summed E-state index contributed by atoms with van der Waals surface area (Å²) in [6.45, 7) is 0.218. The lowest BCUT2D eigenvalue weighted by Crippen LogP contribution is -2.31. The number of nitrogens with zero attached hydrogens (tertiary/aromatic N) is 4. The van der Waals surface area contributed by atoms with Crippen molar-refractivity contribution in [2.45, 2.75) is 11.4 Å². The molecule has 96 valence electrons. The summed E-state index contributed by atoms with van der Waals surface area (Å²) in [4.78, 5) is 0.272. The minimum atomic E-state index is -3.64. The van der Waals surface area contributed by atoms with Gasteiger partial charge in [0, 0.05) is 27.1 Å². The van der Waals surface area contributed by atoms with Gasteiger partial charge in [-0.1, -0.05) is 17.4 Å². The first-order valence-electron chi connectivity index (χ1n) is 4.56. The molecule has 7 nitrogen and oxygen atoms in total. The third kappa shape index (κ3) is 3.21. The molecule has 0 atom stereocenters. The van der Waals surface area contributed by atoms with Crippen molar-refractivity contribution in [2.75, 3.05) is 13.6 Å². The molecule has 1 aromatic heterocycles. The Morgan fingerprint density at radius 3 is 2.65 bits per heavy atom. The van der Waals surface area contributed by atoms with E-state index in [-0.39, 0.29) is 21.2 Å². The first kappa shape index (κ1) is 14.5. The van der Waals surface area contributed by atoms with Crippen molar-refractivity contribution in [1.82, 2.24) is 19.3 Å². The molecule has 2 N–H and O–H groups in total. The van der Waals surface area contributed by atoms with Crippen molar-refractivity contribution >= 4 is 43.2 Å². The number of aryl methyl sites for hydroxylation is 1. The summed E-state index contributed by atoms with van der Waals surface area (Å²) in [5.74, 6) is 0. The van der Waals surface area contributed by atoms with E-state index >= 15 is 0 Å². The molecule has 0 saturated heterocycles. The van der Waals surface area contributed by atoms with Crippen molar-refractivity contribution in [3.63, 3.8) is 0 Å². The summed E-state index contributed by atoms with van der Waals surface area (Å²) in [5.41, 5.74) is 5.33. The predicted octanol–water partition coefficient (Wildman–Crippen LogP) is -0.126. The highest BCUT2D eigenvalue weighted by Gasteiger charge is 2.28. The Kier molecular flexibility index (Phi) is 4.58. The lowest BCUT2D eigenvalue weighted by molar-refractivity contribution is 0.468. The second-order valence-corrected chi connectivity index (χ2v) is 6.59. The zero-order chi connectivity index (χ0) is 13.2. The first-order chi connectivity index (χ1) is 7.76. The van der Waals surface area contributed by atoms with E-state index in [0.717, 1.165) is 4.31 Å². The standard InChI is InChI=1S/C7H12BrN5O2S2/c1-12(4-3-5(9)16)17(14,15)7-6(8)10-11-13(7)2/h3-4H2,1-2H3,(H2,9,16). The molecular weight excluding hydrogens is 330 g/mol. The highest BCUT2D eigenvalue weighted by Crippen LogP contribution is 2.21. The van der Waals surface area contributed by atoms with Crippen LogP contribution in [0, 0.1) is 0 Å². The number of aromatic nitrogens is 3. The zero-order valence-electron chi connectivity index (χ0n) is 9.29. The molecule has 10 heteroatoms. The summed E-state index contributed by atoms with van der Waals surface area (Å²) in [7, 11) is -0.686. The van der Waals surface area contributed by atoms with E-state index in [0.29, 0.717) is 6.42 Å². The molecule has 0 spiro atoms. The topological polar surface area (TPSA) is 94.1 Å². The molecule has 0 fully saturated rings. The Labute approximate surface area is 113 Å². The Morgan fingerprint density at radius 1 is 1.65 bits per heavy atom. The van der Waals surface area contributed by atoms with Gasteiger partial charge in [-0.15, -0.1) is 5.10 Å². The summed E-state index contributed by atoms with van der Waals surface area (Å²) in [5, 5.41) is 7.26.